The van der Waals surface area contributed by atoms with E-state index in [2.05, 4.69) is 41.5 Å². The lowest BCUT2D eigenvalue weighted by molar-refractivity contribution is -0.113. The Bertz CT molecular complexity index is 1060. The van der Waals surface area contributed by atoms with Gasteiger partial charge in [0.05, 0.1) is 5.75 Å². The van der Waals surface area contributed by atoms with Crippen molar-refractivity contribution in [2.45, 2.75) is 38.5 Å². The minimum atomic E-state index is -0.184. The summed E-state index contributed by atoms with van der Waals surface area (Å²) in [6.45, 7) is 6.08. The van der Waals surface area contributed by atoms with Crippen molar-refractivity contribution in [1.29, 1.82) is 0 Å². The first-order valence-electron chi connectivity index (χ1n) is 9.98. The van der Waals surface area contributed by atoms with Gasteiger partial charge in [0.1, 0.15) is 12.4 Å². The third kappa shape index (κ3) is 6.18. The first kappa shape index (κ1) is 22.6. The van der Waals surface area contributed by atoms with Gasteiger partial charge in [-0.3, -0.25) is 9.59 Å². The van der Waals surface area contributed by atoms with Gasteiger partial charge in [-0.1, -0.05) is 49.9 Å². The number of carbonyl (C=O) groups is 2. The minimum absolute atomic E-state index is 0.0461. The molecule has 0 fully saturated rings. The Kier molecular flexibility index (Phi) is 7.46. The molecular weight excluding hydrogens is 412 g/mol. The molecule has 162 valence electrons. The van der Waals surface area contributed by atoms with Crippen LogP contribution in [0.25, 0.3) is 0 Å². The molecule has 3 rings (SSSR count). The molecule has 0 aliphatic heterocycles. The van der Waals surface area contributed by atoms with Gasteiger partial charge in [-0.15, -0.1) is 10.2 Å². The fourth-order valence-corrected chi connectivity index (χ4v) is 3.57. The van der Waals surface area contributed by atoms with Crippen molar-refractivity contribution in [3.8, 4) is 5.75 Å². The molecule has 0 aliphatic rings. The molecule has 0 spiro atoms. The van der Waals surface area contributed by atoms with E-state index in [1.54, 1.807) is 24.3 Å². The molecule has 3 aromatic rings. The van der Waals surface area contributed by atoms with E-state index in [9.17, 15) is 9.59 Å². The number of amides is 1. The highest BCUT2D eigenvalue weighted by Crippen LogP contribution is 2.21. The smallest absolute Gasteiger partial charge is 0.234 e. The van der Waals surface area contributed by atoms with E-state index in [0.717, 1.165) is 5.75 Å². The van der Waals surface area contributed by atoms with Gasteiger partial charge in [0.2, 0.25) is 5.91 Å². The molecule has 0 unspecified atom stereocenters. The van der Waals surface area contributed by atoms with Crippen LogP contribution < -0.4 is 10.1 Å². The number of carbonyl (C=O) groups excluding carboxylic acids is 2. The number of Topliss-reactive ketones (excluding diaryl/α,β-unsaturated/α-hetero) is 1. The van der Waals surface area contributed by atoms with Crippen LogP contribution in [0.15, 0.2) is 53.7 Å². The van der Waals surface area contributed by atoms with E-state index in [1.165, 1.54) is 24.2 Å². The molecule has 1 amide bonds. The molecule has 2 aromatic carbocycles. The molecule has 0 saturated carbocycles. The van der Waals surface area contributed by atoms with Crippen molar-refractivity contribution in [2.24, 2.45) is 7.05 Å². The SMILES string of the molecule is CC(=O)c1cccc(NC(=O)CSc2nnc(COc3ccc(C(C)C)cc3)n2C)c1. The van der Waals surface area contributed by atoms with E-state index >= 15 is 0 Å². The van der Waals surface area contributed by atoms with Gasteiger partial charge in [-0.05, 0) is 42.7 Å². The quantitative estimate of drug-likeness (QED) is 0.392. The van der Waals surface area contributed by atoms with Gasteiger partial charge in [0, 0.05) is 18.3 Å². The Hall–Kier alpha value is -3.13. The van der Waals surface area contributed by atoms with Gasteiger partial charge in [0.15, 0.2) is 16.8 Å². The lowest BCUT2D eigenvalue weighted by atomic mass is 10.0. The minimum Gasteiger partial charge on any atom is -0.486 e. The van der Waals surface area contributed by atoms with Crippen LogP contribution in [0.4, 0.5) is 5.69 Å². The highest BCUT2D eigenvalue weighted by atomic mass is 32.2. The number of ketones is 1. The normalized spacial score (nSPS) is 10.9. The summed E-state index contributed by atoms with van der Waals surface area (Å²) in [5, 5.41) is 11.7. The number of benzene rings is 2. The van der Waals surface area contributed by atoms with Gasteiger partial charge in [-0.25, -0.2) is 0 Å². The third-order valence-corrected chi connectivity index (χ3v) is 5.75. The highest BCUT2D eigenvalue weighted by molar-refractivity contribution is 7.99. The molecule has 0 bridgehead atoms. The summed E-state index contributed by atoms with van der Waals surface area (Å²) in [7, 11) is 1.84. The van der Waals surface area contributed by atoms with Gasteiger partial charge >= 0.3 is 0 Å². The Morgan fingerprint density at radius 1 is 1.13 bits per heavy atom. The number of thioether (sulfide) groups is 1. The fraction of sp³-hybridized carbons (Fsp3) is 0.304. The zero-order chi connectivity index (χ0) is 22.4. The van der Waals surface area contributed by atoms with Crippen LogP contribution in [0.1, 0.15) is 48.4 Å². The Labute approximate surface area is 186 Å². The number of aromatic nitrogens is 3. The molecule has 31 heavy (non-hydrogen) atoms. The average Bonchev–Trinajstić information content (AvgIpc) is 3.10. The summed E-state index contributed by atoms with van der Waals surface area (Å²) >= 11 is 1.29. The number of rotatable bonds is 9. The standard InChI is InChI=1S/C23H26N4O3S/c1-15(2)17-8-10-20(11-9-17)30-13-21-25-26-23(27(21)4)31-14-22(29)24-19-7-5-6-18(12-19)16(3)28/h5-12,15H,13-14H2,1-4H3,(H,24,29). The maximum atomic E-state index is 12.3. The van der Waals surface area contributed by atoms with Crippen molar-refractivity contribution in [1.82, 2.24) is 14.8 Å². The molecule has 0 atom stereocenters. The first-order chi connectivity index (χ1) is 14.8. The van der Waals surface area contributed by atoms with Crippen LogP contribution in [-0.2, 0) is 18.4 Å². The van der Waals surface area contributed by atoms with Crippen LogP contribution in [0, 0.1) is 0 Å². The zero-order valence-electron chi connectivity index (χ0n) is 18.1. The second kappa shape index (κ2) is 10.3. The molecule has 1 N–H and O–H groups in total. The van der Waals surface area contributed by atoms with E-state index in [-0.39, 0.29) is 24.1 Å². The van der Waals surface area contributed by atoms with Gasteiger partial charge in [-0.2, -0.15) is 0 Å². The van der Waals surface area contributed by atoms with Crippen LogP contribution in [0.5, 0.6) is 5.75 Å². The Morgan fingerprint density at radius 3 is 2.55 bits per heavy atom. The largest absolute Gasteiger partial charge is 0.486 e. The summed E-state index contributed by atoms with van der Waals surface area (Å²) in [5.41, 5.74) is 2.41. The van der Waals surface area contributed by atoms with Crippen molar-refractivity contribution in [3.63, 3.8) is 0 Å². The predicted octanol–water partition coefficient (Wildman–Crippen LogP) is 4.45. The summed E-state index contributed by atoms with van der Waals surface area (Å²) in [4.78, 5) is 23.7. The number of ether oxygens (including phenoxy) is 1. The number of nitrogens with zero attached hydrogens (tertiary/aromatic N) is 3. The highest BCUT2D eigenvalue weighted by Gasteiger charge is 2.13. The summed E-state index contributed by atoms with van der Waals surface area (Å²) < 4.78 is 7.63. The Balaban J connectivity index is 1.52. The molecule has 7 nitrogen and oxygen atoms in total. The third-order valence-electron chi connectivity index (χ3n) is 4.72. The molecule has 1 heterocycles. The van der Waals surface area contributed by atoms with Crippen molar-refractivity contribution in [3.05, 3.63) is 65.5 Å². The second-order valence-corrected chi connectivity index (χ2v) is 8.39. The zero-order valence-corrected chi connectivity index (χ0v) is 18.9. The van der Waals surface area contributed by atoms with E-state index < -0.39 is 0 Å². The molecule has 0 saturated heterocycles. The van der Waals surface area contributed by atoms with Crippen molar-refractivity contribution < 1.29 is 14.3 Å². The number of anilines is 1. The van der Waals surface area contributed by atoms with Gasteiger partial charge in [0.25, 0.3) is 0 Å². The first-order valence-corrected chi connectivity index (χ1v) is 11.0. The molecule has 0 aliphatic carbocycles. The monoisotopic (exact) mass is 438 g/mol. The van der Waals surface area contributed by atoms with Crippen LogP contribution in [0.2, 0.25) is 0 Å². The summed E-state index contributed by atoms with van der Waals surface area (Å²) in [6, 6.07) is 14.9. The van der Waals surface area contributed by atoms with Crippen LogP contribution >= 0.6 is 11.8 Å². The van der Waals surface area contributed by atoms with Crippen LogP contribution in [-0.4, -0.2) is 32.2 Å². The second-order valence-electron chi connectivity index (χ2n) is 7.44. The predicted molar refractivity (Wildman–Crippen MR) is 122 cm³/mol. The van der Waals surface area contributed by atoms with E-state index in [0.29, 0.717) is 28.1 Å². The molecular formula is C23H26N4O3S. The van der Waals surface area contributed by atoms with Crippen molar-refractivity contribution in [2.75, 3.05) is 11.1 Å². The van der Waals surface area contributed by atoms with E-state index in [1.807, 2.05) is 23.7 Å². The lowest BCUT2D eigenvalue weighted by Gasteiger charge is -2.09. The number of nitrogens with one attached hydrogen (secondary N) is 1. The average molecular weight is 439 g/mol. The number of hydrogen-bond acceptors (Lipinski definition) is 6. The van der Waals surface area contributed by atoms with E-state index in [4.69, 9.17) is 4.74 Å². The Morgan fingerprint density at radius 2 is 1.87 bits per heavy atom. The molecule has 8 heteroatoms. The molecule has 1 aromatic heterocycles. The fourth-order valence-electron chi connectivity index (χ4n) is 2.84. The van der Waals surface area contributed by atoms with Crippen molar-refractivity contribution >= 4 is 29.1 Å². The maximum absolute atomic E-state index is 12.3. The summed E-state index contributed by atoms with van der Waals surface area (Å²) in [6.07, 6.45) is 0. The molecule has 0 radical (unpaired) electrons. The van der Waals surface area contributed by atoms with Crippen LogP contribution in [0.3, 0.4) is 0 Å². The maximum Gasteiger partial charge on any atom is 0.234 e. The topological polar surface area (TPSA) is 86.1 Å². The lowest BCUT2D eigenvalue weighted by Crippen LogP contribution is -2.15. The summed E-state index contributed by atoms with van der Waals surface area (Å²) in [5.74, 6) is 1.86. The van der Waals surface area contributed by atoms with Gasteiger partial charge < -0.3 is 14.6 Å². The number of hydrogen-bond donors (Lipinski definition) is 1.